The van der Waals surface area contributed by atoms with Crippen LogP contribution in [0.25, 0.3) is 11.1 Å². The van der Waals surface area contributed by atoms with Crippen LogP contribution in [0.2, 0.25) is 0 Å². The molecule has 4 unspecified atom stereocenters. The van der Waals surface area contributed by atoms with E-state index in [1.807, 2.05) is 0 Å². The van der Waals surface area contributed by atoms with Crippen LogP contribution in [0.4, 0.5) is 10.0 Å². The molecule has 0 amide bonds. The Balaban J connectivity index is 1.12. The van der Waals surface area contributed by atoms with Crippen LogP contribution in [0.5, 0.6) is 0 Å². The third-order valence-electron chi connectivity index (χ3n) is 16.0. The van der Waals surface area contributed by atoms with Crippen LogP contribution in [0.1, 0.15) is 94.5 Å². The second-order valence-electron chi connectivity index (χ2n) is 20.5. The normalized spacial score (nSPS) is 21.3. The zero-order valence-electron chi connectivity index (χ0n) is 42.1. The van der Waals surface area contributed by atoms with Crippen molar-refractivity contribution in [2.75, 3.05) is 0 Å². The minimum absolute atomic E-state index is 0.0317. The van der Waals surface area contributed by atoms with E-state index in [0.717, 1.165) is 48.4 Å². The summed E-state index contributed by atoms with van der Waals surface area (Å²) in [7, 11) is 0. The first kappa shape index (κ1) is 50.7. The van der Waals surface area contributed by atoms with E-state index in [-0.39, 0.29) is 79.9 Å². The van der Waals surface area contributed by atoms with Crippen molar-refractivity contribution in [3.63, 3.8) is 0 Å². The Labute approximate surface area is 456 Å². The lowest BCUT2D eigenvalue weighted by Gasteiger charge is -2.29. The molecule has 4 fully saturated rings. The smallest absolute Gasteiger partial charge is 0.333 e. The van der Waals surface area contributed by atoms with E-state index in [1.54, 1.807) is 121 Å². The molecule has 12 rings (SSSR count). The van der Waals surface area contributed by atoms with E-state index in [0.29, 0.717) is 47.9 Å². The van der Waals surface area contributed by atoms with Gasteiger partial charge in [0.25, 0.3) is 0 Å². The third-order valence-corrected chi connectivity index (χ3v) is 18.1. The van der Waals surface area contributed by atoms with Crippen molar-refractivity contribution in [2.45, 2.75) is 88.6 Å². The number of ether oxygens (including phenoxy) is 4. The number of hydrogen-bond donors (Lipinski definition) is 0. The van der Waals surface area contributed by atoms with Crippen LogP contribution in [-0.4, -0.2) is 58.4 Å². The number of rotatable bonds is 14. The molecule has 0 saturated heterocycles. The summed E-state index contributed by atoms with van der Waals surface area (Å²) in [6.45, 7) is -1.32. The number of Topliss-reactive ketones (excluding diaryl/α,β-unsaturated/α-hetero) is 4. The van der Waals surface area contributed by atoms with Gasteiger partial charge in [-0.1, -0.05) is 147 Å². The molecule has 0 N–H and O–H groups in total. The van der Waals surface area contributed by atoms with Gasteiger partial charge in [-0.15, -0.1) is 22.7 Å². The predicted octanol–water partition coefficient (Wildman–Crippen LogP) is 10.3. The van der Waals surface area contributed by atoms with Gasteiger partial charge in [0.15, 0.2) is 34.6 Å². The highest BCUT2D eigenvalue weighted by Crippen LogP contribution is 2.69. The van der Waals surface area contributed by atoms with E-state index < -0.39 is 81.5 Å². The highest BCUT2D eigenvalue weighted by Gasteiger charge is 2.72. The summed E-state index contributed by atoms with van der Waals surface area (Å²) in [6, 6.07) is 38.0. The molecule has 392 valence electrons. The van der Waals surface area contributed by atoms with Gasteiger partial charge in [0, 0.05) is 55.7 Å². The molecule has 2 aromatic heterocycles. The molecule has 6 aliphatic rings. The van der Waals surface area contributed by atoms with E-state index in [4.69, 9.17) is 28.9 Å². The van der Waals surface area contributed by atoms with Crippen LogP contribution in [0.15, 0.2) is 143 Å². The van der Waals surface area contributed by atoms with Gasteiger partial charge < -0.3 is 18.9 Å². The number of carbonyl (C=O) groups is 8. The molecule has 0 spiro atoms. The quantitative estimate of drug-likeness (QED) is 0.0569. The highest BCUT2D eigenvalue weighted by molar-refractivity contribution is 7.19. The van der Waals surface area contributed by atoms with Gasteiger partial charge in [-0.2, -0.15) is 0 Å². The molecule has 6 aromatic rings. The van der Waals surface area contributed by atoms with E-state index >= 15 is 19.2 Å². The van der Waals surface area contributed by atoms with E-state index in [9.17, 15) is 19.2 Å². The van der Waals surface area contributed by atoms with Crippen LogP contribution in [-0.2, 0) is 94.6 Å². The summed E-state index contributed by atoms with van der Waals surface area (Å²) < 4.78 is 25.0. The van der Waals surface area contributed by atoms with Crippen LogP contribution >= 0.6 is 22.7 Å². The monoisotopic (exact) mass is 1080 g/mol. The van der Waals surface area contributed by atoms with Crippen molar-refractivity contribution in [3.05, 3.63) is 177 Å². The zero-order valence-corrected chi connectivity index (χ0v) is 43.7. The second kappa shape index (κ2) is 20.7. The average Bonchev–Trinajstić information content (AvgIpc) is 3.88. The molecule has 2 heterocycles. The topological polar surface area (TPSA) is 198 Å². The maximum absolute atomic E-state index is 16.0. The van der Waals surface area contributed by atoms with Gasteiger partial charge in [-0.05, 0) is 60.1 Å². The van der Waals surface area contributed by atoms with Crippen LogP contribution < -0.4 is 0 Å². The summed E-state index contributed by atoms with van der Waals surface area (Å²) in [5.74, 6) is -8.27. The van der Waals surface area contributed by atoms with Crippen molar-refractivity contribution in [3.8, 4) is 0 Å². The number of carbonyl (C=O) groups excluding carboxylic acids is 8. The number of aliphatic imine (C=N–C) groups is 2. The second-order valence-corrected chi connectivity index (χ2v) is 22.6. The Morgan fingerprint density at radius 2 is 0.667 bits per heavy atom. The molecule has 0 bridgehead atoms. The summed E-state index contributed by atoms with van der Waals surface area (Å²) in [5.41, 5.74) is -4.06. The number of esters is 4. The summed E-state index contributed by atoms with van der Waals surface area (Å²) in [6.07, 6.45) is 5.27. The summed E-state index contributed by atoms with van der Waals surface area (Å²) in [4.78, 5) is 130. The molecule has 4 atom stereocenters. The minimum Gasteiger partial charge on any atom is -0.459 e. The third kappa shape index (κ3) is 8.43. The summed E-state index contributed by atoms with van der Waals surface area (Å²) in [5, 5.41) is 0.0635. The fourth-order valence-electron chi connectivity index (χ4n) is 12.3. The van der Waals surface area contributed by atoms with Crippen molar-refractivity contribution in [1.82, 2.24) is 0 Å². The standard InChI is InChI=1S/C62H50N2O12S2/c65-51-39-25-13-14-26-40(39)52(66)49(51)63-45-29-43-55(77-45)48-47(61(43,57(69)73-31-35-17-5-1-6-18-35)58(70)74-32-36-19-7-2-8-20-36)56-44(30-46(78-56)64-50-53(67)41-27-15-16-28-42(41)54(50)68)62(48,59(71)75-33-37-21-9-3-10-22-37)60(72)76-34-38-23-11-4-12-24-38/h1-12,17-24,29-30,39-42H,13-16,25-28,31-34H2. The van der Waals surface area contributed by atoms with Gasteiger partial charge in [0.2, 0.25) is 10.8 Å². The maximum atomic E-state index is 16.0. The van der Waals surface area contributed by atoms with Crippen molar-refractivity contribution < 1.29 is 57.3 Å². The van der Waals surface area contributed by atoms with E-state index in [1.165, 1.54) is 12.1 Å². The number of benzene rings is 4. The largest absolute Gasteiger partial charge is 0.459 e. The van der Waals surface area contributed by atoms with Crippen LogP contribution in [0.3, 0.4) is 0 Å². The first-order valence-corrected chi connectivity index (χ1v) is 27.9. The number of hydrogen-bond acceptors (Lipinski definition) is 16. The van der Waals surface area contributed by atoms with E-state index in [2.05, 4.69) is 0 Å². The SMILES string of the molecule is O=C1C(=Nc2cc3c(s2)C2=C(c4sc(N=C5C(=O)C6CCCCC6C5=O)cc4C2(C(=O)OCc2ccccc2)C(=O)OCc2ccccc2)C3(C(=O)OCc2ccccc2)C(=O)OCc2ccccc2)C(=O)C2CCCCC12. The lowest BCUT2D eigenvalue weighted by Crippen LogP contribution is -2.45. The number of nitrogens with zero attached hydrogens (tertiary/aromatic N) is 2. The highest BCUT2D eigenvalue weighted by atomic mass is 32.1. The fourth-order valence-corrected chi connectivity index (χ4v) is 14.7. The zero-order chi connectivity index (χ0) is 53.7. The lowest BCUT2D eigenvalue weighted by atomic mass is 9.76. The van der Waals surface area contributed by atoms with Gasteiger partial charge in [0.1, 0.15) is 36.4 Å². The molecule has 16 heteroatoms. The van der Waals surface area contributed by atoms with Crippen molar-refractivity contribution in [2.24, 2.45) is 33.7 Å². The van der Waals surface area contributed by atoms with Crippen molar-refractivity contribution in [1.29, 1.82) is 0 Å². The van der Waals surface area contributed by atoms with Gasteiger partial charge in [0.05, 0.1) is 0 Å². The minimum atomic E-state index is -2.67. The summed E-state index contributed by atoms with van der Waals surface area (Å²) >= 11 is 1.76. The molecule has 14 nitrogen and oxygen atoms in total. The lowest BCUT2D eigenvalue weighted by molar-refractivity contribution is -0.165. The Hall–Kier alpha value is -8.08. The number of thiophene rings is 2. The Bertz CT molecular complexity index is 3160. The Kier molecular flexibility index (Phi) is 13.5. The first-order chi connectivity index (χ1) is 38.0. The number of fused-ring (bicyclic) bond motifs is 6. The molecule has 6 aliphatic carbocycles. The van der Waals surface area contributed by atoms with Crippen LogP contribution in [0, 0.1) is 23.7 Å². The van der Waals surface area contributed by atoms with Gasteiger partial charge in [-0.3, -0.25) is 38.4 Å². The molecule has 0 radical (unpaired) electrons. The van der Waals surface area contributed by atoms with Gasteiger partial charge in [-0.25, -0.2) is 9.98 Å². The molecular formula is C62H50N2O12S2. The van der Waals surface area contributed by atoms with Crippen molar-refractivity contribution >= 4 is 102 Å². The fraction of sp³-hybridized carbons (Fsp3) is 0.290. The molecule has 4 aromatic carbocycles. The van der Waals surface area contributed by atoms with Gasteiger partial charge >= 0.3 is 23.9 Å². The molecule has 0 aliphatic heterocycles. The molecular weight excluding hydrogens is 1030 g/mol. The Morgan fingerprint density at radius 1 is 0.410 bits per heavy atom. The first-order valence-electron chi connectivity index (χ1n) is 26.2. The average molecular weight is 1080 g/mol. The predicted molar refractivity (Wildman–Crippen MR) is 289 cm³/mol. The Morgan fingerprint density at radius 3 is 0.923 bits per heavy atom. The maximum Gasteiger partial charge on any atom is 0.333 e. The molecule has 4 saturated carbocycles. The number of ketones is 4. The molecule has 78 heavy (non-hydrogen) atoms.